The fourth-order valence-electron chi connectivity index (χ4n) is 3.69. The maximum absolute atomic E-state index is 12.5. The number of hydrogen-bond donors (Lipinski definition) is 2. The number of rotatable bonds is 9. The summed E-state index contributed by atoms with van der Waals surface area (Å²) in [5.74, 6) is 1.30. The van der Waals surface area contributed by atoms with Crippen LogP contribution in [-0.4, -0.2) is 89.5 Å². The third-order valence-electron chi connectivity index (χ3n) is 5.52. The smallest absolute Gasteiger partial charge is 0.242 e. The normalized spacial score (nSPS) is 19.8. The van der Waals surface area contributed by atoms with Crippen LogP contribution in [0, 0.1) is 5.92 Å². The summed E-state index contributed by atoms with van der Waals surface area (Å²) in [5.41, 5.74) is 1.22. The van der Waals surface area contributed by atoms with Gasteiger partial charge in [-0.25, -0.2) is 0 Å². The Morgan fingerprint density at radius 2 is 2.00 bits per heavy atom. The molecule has 0 radical (unpaired) electrons. The van der Waals surface area contributed by atoms with E-state index < -0.39 is 0 Å². The average molecular weight is 418 g/mol. The van der Waals surface area contributed by atoms with Crippen LogP contribution >= 0.6 is 0 Å². The maximum Gasteiger partial charge on any atom is 0.242 e. The fourth-order valence-corrected chi connectivity index (χ4v) is 3.69. The first kappa shape index (κ1) is 22.4. The largest absolute Gasteiger partial charge is 0.381 e. The number of ether oxygens (including phenoxy) is 2. The van der Waals surface area contributed by atoms with Gasteiger partial charge in [0.2, 0.25) is 5.91 Å². The van der Waals surface area contributed by atoms with Crippen LogP contribution in [-0.2, 0) is 14.3 Å². The molecule has 2 saturated heterocycles. The molecule has 2 aliphatic rings. The number of carbonyl (C=O) groups excluding carboxylic acids is 1. The predicted molar refractivity (Wildman–Crippen MR) is 119 cm³/mol. The summed E-state index contributed by atoms with van der Waals surface area (Å²) in [4.78, 5) is 21.0. The first-order valence-electron chi connectivity index (χ1n) is 10.9. The van der Waals surface area contributed by atoms with Crippen molar-refractivity contribution in [1.82, 2.24) is 15.5 Å². The second-order valence-electron chi connectivity index (χ2n) is 7.71. The van der Waals surface area contributed by atoms with Gasteiger partial charge in [-0.15, -0.1) is 0 Å². The Morgan fingerprint density at radius 1 is 1.20 bits per heavy atom. The number of benzene rings is 1. The van der Waals surface area contributed by atoms with Crippen LogP contribution in [0.15, 0.2) is 35.3 Å². The van der Waals surface area contributed by atoms with Crippen LogP contribution in [0.25, 0.3) is 0 Å². The summed E-state index contributed by atoms with van der Waals surface area (Å²) in [6.07, 6.45) is 1.99. The fraction of sp³-hybridized carbons (Fsp3) is 0.636. The van der Waals surface area contributed by atoms with Gasteiger partial charge >= 0.3 is 0 Å². The Morgan fingerprint density at radius 3 is 2.70 bits per heavy atom. The number of hydrogen-bond acceptors (Lipinski definition) is 5. The third-order valence-corrected chi connectivity index (χ3v) is 5.52. The lowest BCUT2D eigenvalue weighted by Crippen LogP contribution is -2.52. The minimum atomic E-state index is 0.104. The van der Waals surface area contributed by atoms with E-state index in [0.717, 1.165) is 65.4 Å². The van der Waals surface area contributed by atoms with Crippen LogP contribution in [0.1, 0.15) is 12.8 Å². The zero-order valence-corrected chi connectivity index (χ0v) is 18.0. The number of piperazine rings is 1. The molecule has 8 nitrogen and oxygen atoms in total. The molecule has 1 unspecified atom stereocenters. The minimum Gasteiger partial charge on any atom is -0.381 e. The quantitative estimate of drug-likeness (QED) is 0.354. The monoisotopic (exact) mass is 417 g/mol. The molecule has 1 aromatic carbocycles. The Balaban J connectivity index is 1.26. The molecule has 1 amide bonds. The molecule has 3 rings (SSSR count). The van der Waals surface area contributed by atoms with E-state index in [9.17, 15) is 4.79 Å². The van der Waals surface area contributed by atoms with E-state index in [4.69, 9.17) is 9.47 Å². The average Bonchev–Trinajstić information content (AvgIpc) is 3.32. The molecule has 30 heavy (non-hydrogen) atoms. The van der Waals surface area contributed by atoms with Crippen molar-refractivity contribution in [3.63, 3.8) is 0 Å². The first-order valence-corrected chi connectivity index (χ1v) is 10.9. The maximum atomic E-state index is 12.5. The highest BCUT2D eigenvalue weighted by molar-refractivity contribution is 5.86. The number of aliphatic imine (C=N–C) groups is 1. The van der Waals surface area contributed by atoms with Gasteiger partial charge < -0.3 is 29.9 Å². The molecule has 1 aromatic rings. The SMILES string of the molecule is CN=C(NCCCOCC1CCOC1)NCC(=O)N1CCN(c2ccccc2)CC1. The topological polar surface area (TPSA) is 78.4 Å². The molecule has 2 heterocycles. The van der Waals surface area contributed by atoms with Crippen LogP contribution in [0.3, 0.4) is 0 Å². The lowest BCUT2D eigenvalue weighted by atomic mass is 10.1. The Kier molecular flexibility index (Phi) is 9.24. The van der Waals surface area contributed by atoms with Crippen molar-refractivity contribution in [3.05, 3.63) is 30.3 Å². The second-order valence-corrected chi connectivity index (χ2v) is 7.71. The van der Waals surface area contributed by atoms with E-state index in [-0.39, 0.29) is 12.5 Å². The van der Waals surface area contributed by atoms with Gasteiger partial charge in [0.05, 0.1) is 19.8 Å². The lowest BCUT2D eigenvalue weighted by Gasteiger charge is -2.36. The summed E-state index contributed by atoms with van der Waals surface area (Å²) in [6.45, 7) is 7.38. The lowest BCUT2D eigenvalue weighted by molar-refractivity contribution is -0.130. The Bertz CT molecular complexity index is 656. The van der Waals surface area contributed by atoms with Crippen molar-refractivity contribution in [2.75, 3.05) is 77.6 Å². The predicted octanol–water partition coefficient (Wildman–Crippen LogP) is 0.943. The van der Waals surface area contributed by atoms with Crippen molar-refractivity contribution in [1.29, 1.82) is 0 Å². The van der Waals surface area contributed by atoms with E-state index >= 15 is 0 Å². The number of carbonyl (C=O) groups is 1. The standard InChI is InChI=1S/C22H35N5O3/c1-23-22(24-9-5-14-29-17-19-8-15-30-18-19)25-16-21(28)27-12-10-26(11-13-27)20-6-3-2-4-7-20/h2-4,6-7,19H,5,8-18H2,1H3,(H2,23,24,25). The molecular weight excluding hydrogens is 382 g/mol. The summed E-state index contributed by atoms with van der Waals surface area (Å²) < 4.78 is 11.1. The number of para-hydroxylation sites is 1. The number of guanidine groups is 1. The molecule has 0 bridgehead atoms. The molecular formula is C22H35N5O3. The van der Waals surface area contributed by atoms with Crippen molar-refractivity contribution in [3.8, 4) is 0 Å². The molecule has 8 heteroatoms. The molecule has 2 aliphatic heterocycles. The number of nitrogens with zero attached hydrogens (tertiary/aromatic N) is 3. The van der Waals surface area contributed by atoms with Crippen molar-refractivity contribution < 1.29 is 14.3 Å². The van der Waals surface area contributed by atoms with Crippen molar-refractivity contribution >= 4 is 17.6 Å². The summed E-state index contributed by atoms with van der Waals surface area (Å²) in [5, 5.41) is 6.36. The minimum absolute atomic E-state index is 0.104. The third kappa shape index (κ3) is 7.18. The highest BCUT2D eigenvalue weighted by atomic mass is 16.5. The van der Waals surface area contributed by atoms with Gasteiger partial charge in [-0.05, 0) is 25.0 Å². The highest BCUT2D eigenvalue weighted by Gasteiger charge is 2.21. The van der Waals surface area contributed by atoms with Crippen LogP contribution in [0.2, 0.25) is 0 Å². The van der Waals surface area contributed by atoms with E-state index in [1.165, 1.54) is 5.69 Å². The van der Waals surface area contributed by atoms with E-state index in [2.05, 4.69) is 32.7 Å². The molecule has 2 fully saturated rings. The van der Waals surface area contributed by atoms with Crippen molar-refractivity contribution in [2.45, 2.75) is 12.8 Å². The molecule has 0 aliphatic carbocycles. The van der Waals surface area contributed by atoms with Gasteiger partial charge in [0.25, 0.3) is 0 Å². The van der Waals surface area contributed by atoms with Gasteiger partial charge in [-0.2, -0.15) is 0 Å². The Labute approximate surface area is 179 Å². The molecule has 1 atom stereocenters. The molecule has 2 N–H and O–H groups in total. The van der Waals surface area contributed by atoms with Gasteiger partial charge in [0, 0.05) is 64.6 Å². The highest BCUT2D eigenvalue weighted by Crippen LogP contribution is 2.15. The van der Waals surface area contributed by atoms with E-state index in [1.807, 2.05) is 23.1 Å². The van der Waals surface area contributed by atoms with Gasteiger partial charge in [0.1, 0.15) is 0 Å². The summed E-state index contributed by atoms with van der Waals surface area (Å²) in [6, 6.07) is 10.3. The number of amides is 1. The van der Waals surface area contributed by atoms with Crippen LogP contribution in [0.4, 0.5) is 5.69 Å². The summed E-state index contributed by atoms with van der Waals surface area (Å²) in [7, 11) is 1.72. The second kappa shape index (κ2) is 12.4. The molecule has 0 spiro atoms. The van der Waals surface area contributed by atoms with E-state index in [0.29, 0.717) is 18.5 Å². The number of anilines is 1. The van der Waals surface area contributed by atoms with Crippen molar-refractivity contribution in [2.24, 2.45) is 10.9 Å². The zero-order valence-electron chi connectivity index (χ0n) is 18.0. The van der Waals surface area contributed by atoms with E-state index in [1.54, 1.807) is 7.05 Å². The Hall–Kier alpha value is -2.32. The van der Waals surface area contributed by atoms with Crippen LogP contribution < -0.4 is 15.5 Å². The van der Waals surface area contributed by atoms with Gasteiger partial charge in [-0.3, -0.25) is 9.79 Å². The first-order chi connectivity index (χ1) is 14.8. The van der Waals surface area contributed by atoms with Crippen LogP contribution in [0.5, 0.6) is 0 Å². The summed E-state index contributed by atoms with van der Waals surface area (Å²) >= 11 is 0. The van der Waals surface area contributed by atoms with Gasteiger partial charge in [-0.1, -0.05) is 18.2 Å². The molecule has 0 saturated carbocycles. The number of nitrogens with one attached hydrogen (secondary N) is 2. The van der Waals surface area contributed by atoms with Gasteiger partial charge in [0.15, 0.2) is 5.96 Å². The molecule has 166 valence electrons. The zero-order chi connectivity index (χ0) is 21.0. The molecule has 0 aromatic heterocycles.